The maximum Gasteiger partial charge on any atom is 0.0514 e. The summed E-state index contributed by atoms with van der Waals surface area (Å²) in [5.74, 6) is 0.657. The van der Waals surface area contributed by atoms with E-state index in [9.17, 15) is 0 Å². The lowest BCUT2D eigenvalue weighted by atomic mass is 9.99. The molecule has 2 nitrogen and oxygen atoms in total. The molecule has 1 aromatic rings. The molecule has 0 spiro atoms. The number of anilines is 1. The molecule has 2 heteroatoms. The SMILES string of the molecule is CCc1ccccc1NC(C)C1CCOC1. The Kier molecular flexibility index (Phi) is 3.83. The van der Waals surface area contributed by atoms with Gasteiger partial charge in [-0.3, -0.25) is 0 Å². The fraction of sp³-hybridized carbons (Fsp3) is 0.571. The highest BCUT2D eigenvalue weighted by molar-refractivity contribution is 5.51. The maximum absolute atomic E-state index is 5.43. The van der Waals surface area contributed by atoms with Gasteiger partial charge in [-0.2, -0.15) is 0 Å². The highest BCUT2D eigenvalue weighted by Crippen LogP contribution is 2.22. The van der Waals surface area contributed by atoms with E-state index in [-0.39, 0.29) is 0 Å². The molecular weight excluding hydrogens is 198 g/mol. The second kappa shape index (κ2) is 5.35. The molecule has 1 saturated heterocycles. The van der Waals surface area contributed by atoms with Gasteiger partial charge in [0.05, 0.1) is 6.61 Å². The first-order valence-electron chi connectivity index (χ1n) is 6.23. The first-order valence-corrected chi connectivity index (χ1v) is 6.23. The molecule has 0 radical (unpaired) electrons. The van der Waals surface area contributed by atoms with Gasteiger partial charge in [0.1, 0.15) is 0 Å². The number of ether oxygens (including phenoxy) is 1. The summed E-state index contributed by atoms with van der Waals surface area (Å²) in [6.45, 7) is 6.28. The van der Waals surface area contributed by atoms with Crippen LogP contribution in [0.1, 0.15) is 25.8 Å². The number of rotatable bonds is 4. The predicted octanol–water partition coefficient (Wildman–Crippen LogP) is 3.09. The monoisotopic (exact) mass is 219 g/mol. The standard InChI is InChI=1S/C14H21NO/c1-3-12-6-4-5-7-14(12)15-11(2)13-8-9-16-10-13/h4-7,11,13,15H,3,8-10H2,1-2H3. The van der Waals surface area contributed by atoms with Gasteiger partial charge in [-0.25, -0.2) is 0 Å². The fourth-order valence-corrected chi connectivity index (χ4v) is 2.28. The summed E-state index contributed by atoms with van der Waals surface area (Å²) in [5, 5.41) is 3.62. The third-order valence-corrected chi connectivity index (χ3v) is 3.45. The van der Waals surface area contributed by atoms with Crippen molar-refractivity contribution in [1.29, 1.82) is 0 Å². The van der Waals surface area contributed by atoms with Crippen molar-refractivity contribution >= 4 is 5.69 Å². The van der Waals surface area contributed by atoms with Gasteiger partial charge in [0.15, 0.2) is 0 Å². The van der Waals surface area contributed by atoms with Crippen LogP contribution in [0, 0.1) is 5.92 Å². The minimum absolute atomic E-state index is 0.496. The quantitative estimate of drug-likeness (QED) is 0.840. The lowest BCUT2D eigenvalue weighted by Gasteiger charge is -2.22. The van der Waals surface area contributed by atoms with Crippen molar-refractivity contribution in [3.05, 3.63) is 29.8 Å². The Balaban J connectivity index is 2.01. The van der Waals surface area contributed by atoms with Crippen LogP contribution < -0.4 is 5.32 Å². The van der Waals surface area contributed by atoms with Gasteiger partial charge in [0, 0.05) is 24.3 Å². The van der Waals surface area contributed by atoms with Crippen LogP contribution in [-0.4, -0.2) is 19.3 Å². The summed E-state index contributed by atoms with van der Waals surface area (Å²) in [5.41, 5.74) is 2.68. The Labute approximate surface area is 98.0 Å². The van der Waals surface area contributed by atoms with Gasteiger partial charge in [-0.1, -0.05) is 25.1 Å². The Morgan fingerprint density at radius 1 is 1.44 bits per heavy atom. The Morgan fingerprint density at radius 2 is 2.25 bits per heavy atom. The predicted molar refractivity (Wildman–Crippen MR) is 67.8 cm³/mol. The second-order valence-corrected chi connectivity index (χ2v) is 4.57. The molecule has 88 valence electrons. The molecule has 2 atom stereocenters. The van der Waals surface area contributed by atoms with Crippen LogP contribution in [0.25, 0.3) is 0 Å². The van der Waals surface area contributed by atoms with Crippen LogP contribution in [0.2, 0.25) is 0 Å². The van der Waals surface area contributed by atoms with Crippen molar-refractivity contribution in [2.75, 3.05) is 18.5 Å². The number of aryl methyl sites for hydroxylation is 1. The van der Waals surface area contributed by atoms with E-state index in [1.54, 1.807) is 0 Å². The molecule has 1 heterocycles. The summed E-state index contributed by atoms with van der Waals surface area (Å²) in [4.78, 5) is 0. The highest BCUT2D eigenvalue weighted by atomic mass is 16.5. The third-order valence-electron chi connectivity index (χ3n) is 3.45. The molecule has 16 heavy (non-hydrogen) atoms. The van der Waals surface area contributed by atoms with Crippen molar-refractivity contribution in [1.82, 2.24) is 0 Å². The van der Waals surface area contributed by atoms with Crippen LogP contribution >= 0.6 is 0 Å². The number of para-hydroxylation sites is 1. The van der Waals surface area contributed by atoms with Crippen molar-refractivity contribution < 1.29 is 4.74 Å². The molecule has 1 aromatic carbocycles. The smallest absolute Gasteiger partial charge is 0.0514 e. The first kappa shape index (κ1) is 11.5. The van der Waals surface area contributed by atoms with E-state index >= 15 is 0 Å². The Morgan fingerprint density at radius 3 is 2.94 bits per heavy atom. The topological polar surface area (TPSA) is 21.3 Å². The van der Waals surface area contributed by atoms with E-state index in [1.165, 1.54) is 17.7 Å². The molecule has 0 amide bonds. The zero-order valence-corrected chi connectivity index (χ0v) is 10.2. The molecule has 0 aromatic heterocycles. The van der Waals surface area contributed by atoms with Crippen molar-refractivity contribution in [2.24, 2.45) is 5.92 Å². The maximum atomic E-state index is 5.43. The lowest BCUT2D eigenvalue weighted by molar-refractivity contribution is 0.183. The molecule has 1 aliphatic rings. The van der Waals surface area contributed by atoms with Crippen LogP contribution in [0.15, 0.2) is 24.3 Å². The molecule has 0 bridgehead atoms. The van der Waals surface area contributed by atoms with Crippen molar-refractivity contribution in [3.63, 3.8) is 0 Å². The number of nitrogens with one attached hydrogen (secondary N) is 1. The molecule has 0 saturated carbocycles. The highest BCUT2D eigenvalue weighted by Gasteiger charge is 2.22. The van der Waals surface area contributed by atoms with Crippen LogP contribution in [0.3, 0.4) is 0 Å². The summed E-state index contributed by atoms with van der Waals surface area (Å²) in [6.07, 6.45) is 2.26. The van der Waals surface area contributed by atoms with Gasteiger partial charge < -0.3 is 10.1 Å². The summed E-state index contributed by atoms with van der Waals surface area (Å²) >= 11 is 0. The molecule has 1 N–H and O–H groups in total. The van der Waals surface area contributed by atoms with E-state index in [2.05, 4.69) is 43.4 Å². The van der Waals surface area contributed by atoms with Crippen molar-refractivity contribution in [3.8, 4) is 0 Å². The molecule has 0 aliphatic carbocycles. The van der Waals surface area contributed by atoms with Crippen LogP contribution in [0.5, 0.6) is 0 Å². The third kappa shape index (κ3) is 2.56. The molecular formula is C14H21NO. The normalized spacial score (nSPS) is 22.0. The molecule has 1 fully saturated rings. The van der Waals surface area contributed by atoms with Gasteiger partial charge in [0.2, 0.25) is 0 Å². The van der Waals surface area contributed by atoms with E-state index in [0.29, 0.717) is 12.0 Å². The number of hydrogen-bond acceptors (Lipinski definition) is 2. The van der Waals surface area contributed by atoms with Gasteiger partial charge in [0.25, 0.3) is 0 Å². The average Bonchev–Trinajstić information content (AvgIpc) is 2.83. The van der Waals surface area contributed by atoms with E-state index in [1.807, 2.05) is 0 Å². The summed E-state index contributed by atoms with van der Waals surface area (Å²) in [6, 6.07) is 9.06. The number of hydrogen-bond donors (Lipinski definition) is 1. The van der Waals surface area contributed by atoms with E-state index in [4.69, 9.17) is 4.74 Å². The lowest BCUT2D eigenvalue weighted by Crippen LogP contribution is -2.26. The largest absolute Gasteiger partial charge is 0.382 e. The van der Waals surface area contributed by atoms with Gasteiger partial charge in [-0.15, -0.1) is 0 Å². The van der Waals surface area contributed by atoms with Gasteiger partial charge in [-0.05, 0) is 31.4 Å². The fourth-order valence-electron chi connectivity index (χ4n) is 2.28. The molecule has 2 unspecified atom stereocenters. The second-order valence-electron chi connectivity index (χ2n) is 4.57. The summed E-state index contributed by atoms with van der Waals surface area (Å²) in [7, 11) is 0. The van der Waals surface area contributed by atoms with Crippen LogP contribution in [-0.2, 0) is 11.2 Å². The molecule has 2 rings (SSSR count). The van der Waals surface area contributed by atoms with Gasteiger partial charge >= 0.3 is 0 Å². The summed E-state index contributed by atoms with van der Waals surface area (Å²) < 4.78 is 5.43. The van der Waals surface area contributed by atoms with Crippen molar-refractivity contribution in [2.45, 2.75) is 32.7 Å². The van der Waals surface area contributed by atoms with Crippen LogP contribution in [0.4, 0.5) is 5.69 Å². The van der Waals surface area contributed by atoms with E-state index < -0.39 is 0 Å². The Bertz CT molecular complexity index is 331. The Hall–Kier alpha value is -1.02. The zero-order chi connectivity index (χ0) is 11.4. The van der Waals surface area contributed by atoms with E-state index in [0.717, 1.165) is 19.6 Å². The number of benzene rings is 1. The average molecular weight is 219 g/mol. The molecule has 1 aliphatic heterocycles. The first-order chi connectivity index (χ1) is 7.81. The minimum Gasteiger partial charge on any atom is -0.382 e. The minimum atomic E-state index is 0.496. The zero-order valence-electron chi connectivity index (χ0n) is 10.2.